The lowest BCUT2D eigenvalue weighted by Crippen LogP contribution is -2.23. The summed E-state index contributed by atoms with van der Waals surface area (Å²) in [5.74, 6) is 0. The molecular weight excluding hydrogens is 244 g/mol. The number of benzene rings is 1. The van der Waals surface area contributed by atoms with Crippen LogP contribution in [0.3, 0.4) is 0 Å². The molecule has 1 N–H and O–H groups in total. The van der Waals surface area contributed by atoms with Crippen molar-refractivity contribution in [2.45, 2.75) is 25.9 Å². The number of nitrogens with zero attached hydrogens (tertiary/aromatic N) is 1. The number of nitrogens with one attached hydrogen (secondary N) is 1. The van der Waals surface area contributed by atoms with Crippen molar-refractivity contribution in [1.82, 2.24) is 10.3 Å². The second-order valence-corrected chi connectivity index (χ2v) is 4.86. The van der Waals surface area contributed by atoms with Crippen molar-refractivity contribution in [2.75, 3.05) is 0 Å². The second kappa shape index (κ2) is 5.98. The van der Waals surface area contributed by atoms with Crippen LogP contribution in [0.2, 0.25) is 5.02 Å². The van der Waals surface area contributed by atoms with Gasteiger partial charge in [0.2, 0.25) is 0 Å². The molecule has 2 nitrogen and oxygen atoms in total. The Morgan fingerprint density at radius 1 is 1.06 bits per heavy atom. The van der Waals surface area contributed by atoms with E-state index in [-0.39, 0.29) is 12.1 Å². The van der Waals surface area contributed by atoms with Gasteiger partial charge in [0.25, 0.3) is 0 Å². The van der Waals surface area contributed by atoms with E-state index in [2.05, 4.69) is 30.2 Å². The fourth-order valence-corrected chi connectivity index (χ4v) is 2.16. The van der Waals surface area contributed by atoms with E-state index in [1.54, 1.807) is 0 Å². The highest BCUT2D eigenvalue weighted by Crippen LogP contribution is 2.20. The Balaban J connectivity index is 2.05. The molecule has 2 aromatic rings. The highest BCUT2D eigenvalue weighted by atomic mass is 35.5. The molecule has 2 rings (SSSR count). The summed E-state index contributed by atoms with van der Waals surface area (Å²) in [5.41, 5.74) is 2.23. The monoisotopic (exact) mass is 260 g/mol. The lowest BCUT2D eigenvalue weighted by atomic mass is 10.1. The average molecular weight is 261 g/mol. The van der Waals surface area contributed by atoms with Crippen LogP contribution in [0.1, 0.15) is 37.2 Å². The van der Waals surface area contributed by atoms with Crippen LogP contribution in [0.4, 0.5) is 0 Å². The zero-order valence-electron chi connectivity index (χ0n) is 10.6. The molecule has 3 heteroatoms. The molecule has 0 spiro atoms. The van der Waals surface area contributed by atoms with E-state index in [0.29, 0.717) is 0 Å². The Hall–Kier alpha value is -1.38. The molecule has 0 saturated heterocycles. The zero-order chi connectivity index (χ0) is 13.0. The number of hydrogen-bond acceptors (Lipinski definition) is 2. The van der Waals surface area contributed by atoms with Crippen molar-refractivity contribution in [2.24, 2.45) is 0 Å². The van der Waals surface area contributed by atoms with Crippen LogP contribution in [0.5, 0.6) is 0 Å². The quantitative estimate of drug-likeness (QED) is 0.893. The minimum atomic E-state index is 0.209. The van der Waals surface area contributed by atoms with Gasteiger partial charge in [0.1, 0.15) is 0 Å². The van der Waals surface area contributed by atoms with E-state index >= 15 is 0 Å². The summed E-state index contributed by atoms with van der Waals surface area (Å²) < 4.78 is 0. The van der Waals surface area contributed by atoms with Gasteiger partial charge in [-0.2, -0.15) is 0 Å². The van der Waals surface area contributed by atoms with Gasteiger partial charge in [0, 0.05) is 23.3 Å². The van der Waals surface area contributed by atoms with Crippen LogP contribution in [0, 0.1) is 0 Å². The molecule has 1 heterocycles. The predicted molar refractivity (Wildman–Crippen MR) is 75.7 cm³/mol. The summed E-state index contributed by atoms with van der Waals surface area (Å²) >= 11 is 6.00. The number of aromatic nitrogens is 1. The van der Waals surface area contributed by atoms with Gasteiger partial charge in [0.05, 0.1) is 5.69 Å². The third-order valence-corrected chi connectivity index (χ3v) is 3.22. The van der Waals surface area contributed by atoms with Crippen LogP contribution in [-0.4, -0.2) is 4.98 Å². The molecule has 94 valence electrons. The number of pyridine rings is 1. The molecular formula is C15H17ClN2. The van der Waals surface area contributed by atoms with Gasteiger partial charge in [-0.05, 0) is 43.7 Å². The summed E-state index contributed by atoms with van der Waals surface area (Å²) in [6.07, 6.45) is 1.82. The standard InChI is InChI=1S/C15H17ClN2/c1-11(13-6-5-7-14(16)10-13)18-12(2)15-8-3-4-9-17-15/h3-12,18H,1-2H3/t11?,12-/m1/s1. The molecule has 1 unspecified atom stereocenters. The van der Waals surface area contributed by atoms with Crippen LogP contribution in [0.15, 0.2) is 48.7 Å². The van der Waals surface area contributed by atoms with Crippen molar-refractivity contribution >= 4 is 11.6 Å². The van der Waals surface area contributed by atoms with E-state index in [9.17, 15) is 0 Å². The maximum atomic E-state index is 6.00. The van der Waals surface area contributed by atoms with Crippen molar-refractivity contribution in [3.8, 4) is 0 Å². The Labute approximate surface area is 113 Å². The van der Waals surface area contributed by atoms with Crippen molar-refractivity contribution in [3.63, 3.8) is 0 Å². The third kappa shape index (κ3) is 3.31. The Morgan fingerprint density at radius 3 is 2.56 bits per heavy atom. The molecule has 0 saturated carbocycles. The molecule has 2 atom stereocenters. The molecule has 0 amide bonds. The summed E-state index contributed by atoms with van der Waals surface area (Å²) in [6, 6.07) is 14.3. The van der Waals surface area contributed by atoms with Crippen molar-refractivity contribution in [3.05, 3.63) is 64.9 Å². The molecule has 0 aliphatic rings. The molecule has 0 bridgehead atoms. The maximum Gasteiger partial charge on any atom is 0.0570 e. The van der Waals surface area contributed by atoms with Crippen molar-refractivity contribution in [1.29, 1.82) is 0 Å². The van der Waals surface area contributed by atoms with Gasteiger partial charge in [-0.3, -0.25) is 4.98 Å². The fourth-order valence-electron chi connectivity index (χ4n) is 1.96. The first-order valence-corrected chi connectivity index (χ1v) is 6.47. The summed E-state index contributed by atoms with van der Waals surface area (Å²) in [6.45, 7) is 4.24. The molecule has 1 aromatic heterocycles. The SMILES string of the molecule is CC(N[C@H](C)c1ccccn1)c1cccc(Cl)c1. The lowest BCUT2D eigenvalue weighted by Gasteiger charge is -2.20. The van der Waals surface area contributed by atoms with Gasteiger partial charge in [-0.25, -0.2) is 0 Å². The van der Waals surface area contributed by atoms with Gasteiger partial charge >= 0.3 is 0 Å². The molecule has 1 aromatic carbocycles. The van der Waals surface area contributed by atoms with Gasteiger partial charge in [-0.15, -0.1) is 0 Å². The van der Waals surface area contributed by atoms with E-state index in [0.717, 1.165) is 10.7 Å². The van der Waals surface area contributed by atoms with E-state index in [4.69, 9.17) is 11.6 Å². The molecule has 18 heavy (non-hydrogen) atoms. The van der Waals surface area contributed by atoms with Crippen molar-refractivity contribution < 1.29 is 0 Å². The lowest BCUT2D eigenvalue weighted by molar-refractivity contribution is 0.486. The first-order valence-electron chi connectivity index (χ1n) is 6.09. The summed E-state index contributed by atoms with van der Waals surface area (Å²) in [4.78, 5) is 4.35. The topological polar surface area (TPSA) is 24.9 Å². The Kier molecular flexibility index (Phi) is 4.34. The number of rotatable bonds is 4. The second-order valence-electron chi connectivity index (χ2n) is 4.42. The van der Waals surface area contributed by atoms with Gasteiger partial charge < -0.3 is 5.32 Å². The molecule has 0 aliphatic carbocycles. The highest BCUT2D eigenvalue weighted by molar-refractivity contribution is 6.30. The van der Waals surface area contributed by atoms with Gasteiger partial charge in [0.15, 0.2) is 0 Å². The molecule has 0 fully saturated rings. The van der Waals surface area contributed by atoms with Crippen LogP contribution < -0.4 is 5.32 Å². The smallest absolute Gasteiger partial charge is 0.0570 e. The molecule has 0 radical (unpaired) electrons. The van der Waals surface area contributed by atoms with E-state index < -0.39 is 0 Å². The third-order valence-electron chi connectivity index (χ3n) is 2.98. The minimum absolute atomic E-state index is 0.209. The fraction of sp³-hybridized carbons (Fsp3) is 0.267. The normalized spacial score (nSPS) is 14.2. The minimum Gasteiger partial charge on any atom is -0.302 e. The van der Waals surface area contributed by atoms with E-state index in [1.807, 2.05) is 42.6 Å². The Morgan fingerprint density at radius 2 is 1.89 bits per heavy atom. The average Bonchev–Trinajstić information content (AvgIpc) is 2.39. The first kappa shape index (κ1) is 13.1. The van der Waals surface area contributed by atoms with Gasteiger partial charge in [-0.1, -0.05) is 29.8 Å². The maximum absolute atomic E-state index is 6.00. The molecule has 0 aliphatic heterocycles. The van der Waals surface area contributed by atoms with Crippen LogP contribution in [0.25, 0.3) is 0 Å². The summed E-state index contributed by atoms with van der Waals surface area (Å²) in [7, 11) is 0. The predicted octanol–water partition coefficient (Wildman–Crippen LogP) is 4.15. The summed E-state index contributed by atoms with van der Waals surface area (Å²) in [5, 5.41) is 4.29. The van der Waals surface area contributed by atoms with Crippen LogP contribution in [-0.2, 0) is 0 Å². The number of hydrogen-bond donors (Lipinski definition) is 1. The highest BCUT2D eigenvalue weighted by Gasteiger charge is 2.11. The first-order chi connectivity index (χ1) is 8.66. The van der Waals surface area contributed by atoms with E-state index in [1.165, 1.54) is 5.56 Å². The Bertz CT molecular complexity index is 499. The zero-order valence-corrected chi connectivity index (χ0v) is 11.4. The largest absolute Gasteiger partial charge is 0.302 e. The van der Waals surface area contributed by atoms with Crippen LogP contribution >= 0.6 is 11.6 Å². The number of halogens is 1.